The fourth-order valence-electron chi connectivity index (χ4n) is 1.97. The van der Waals surface area contributed by atoms with Crippen LogP contribution in [0.2, 0.25) is 0 Å². The van der Waals surface area contributed by atoms with Crippen molar-refractivity contribution in [2.45, 2.75) is 45.9 Å². The van der Waals surface area contributed by atoms with Gasteiger partial charge in [-0.1, -0.05) is 40.7 Å². The van der Waals surface area contributed by atoms with E-state index >= 15 is 0 Å². The molecule has 0 spiro atoms. The van der Waals surface area contributed by atoms with Crippen LogP contribution in [0.3, 0.4) is 0 Å². The van der Waals surface area contributed by atoms with Crippen LogP contribution in [0.5, 0.6) is 0 Å². The van der Waals surface area contributed by atoms with Crippen LogP contribution in [0.25, 0.3) is 10.8 Å². The molecule has 0 radical (unpaired) electrons. The van der Waals surface area contributed by atoms with Gasteiger partial charge in [-0.2, -0.15) is 6.07 Å². The molecule has 0 saturated carbocycles. The number of rotatable bonds is 2. The van der Waals surface area contributed by atoms with Gasteiger partial charge in [-0.05, 0) is 11.3 Å². The van der Waals surface area contributed by atoms with Gasteiger partial charge in [0.25, 0.3) is 0 Å². The van der Waals surface area contributed by atoms with Gasteiger partial charge in [-0.25, -0.2) is 0 Å². The monoisotopic (exact) mass is 442 g/mol. The number of benzene rings is 1. The van der Waals surface area contributed by atoms with Gasteiger partial charge in [0.1, 0.15) is 0 Å². The second kappa shape index (κ2) is 12.4. The summed E-state index contributed by atoms with van der Waals surface area (Å²) in [5.41, 5.74) is 3.15. The van der Waals surface area contributed by atoms with Crippen LogP contribution in [-0.4, -0.2) is 11.3 Å². The summed E-state index contributed by atoms with van der Waals surface area (Å²) in [5, 5.41) is 2.69. The maximum absolute atomic E-state index is 5.00. The Morgan fingerprint density at radius 2 is 1.48 bits per heavy atom. The number of hydrogen-bond donors (Lipinski definition) is 0. The topological polar surface area (TPSA) is 0 Å². The molecular weight excluding hydrogens is 421 g/mol. The summed E-state index contributed by atoms with van der Waals surface area (Å²) in [6.07, 6.45) is 0. The number of hydrogen-bond acceptors (Lipinski definition) is 0. The molecule has 2 rings (SSSR count). The molecule has 0 amide bonds. The Morgan fingerprint density at radius 3 is 1.86 bits per heavy atom. The van der Waals surface area contributed by atoms with Crippen molar-refractivity contribution in [2.24, 2.45) is 0 Å². The van der Waals surface area contributed by atoms with Crippen LogP contribution < -0.4 is 0 Å². The average molecular weight is 445 g/mol. The van der Waals surface area contributed by atoms with Gasteiger partial charge in [0.15, 0.2) is 0 Å². The minimum atomic E-state index is -2.13. The summed E-state index contributed by atoms with van der Waals surface area (Å²) >= 11 is -2.13. The summed E-state index contributed by atoms with van der Waals surface area (Å²) in [6.45, 7) is 11.2. The third-order valence-corrected chi connectivity index (χ3v) is 3.76. The summed E-state index contributed by atoms with van der Waals surface area (Å²) < 4.78 is 0. The Balaban J connectivity index is 0.000000321. The Morgan fingerprint density at radius 1 is 1.00 bits per heavy atom. The standard InChI is InChI=1S/C10H9.C6H15P.3ClH.Zr/c1-8-6-9-4-2-3-5-10(9)7-8;1-5(2)7-6(3)4;;;;/h2-7H,1H3;5-7H,1-4H3;3*1H;/q-1;;;;;+3/p-3. The van der Waals surface area contributed by atoms with E-state index in [2.05, 4.69) is 71.0 Å². The molecule has 0 aliphatic rings. The van der Waals surface area contributed by atoms with Crippen molar-refractivity contribution >= 4 is 44.9 Å². The predicted molar refractivity (Wildman–Crippen MR) is 100 cm³/mol. The SMILES string of the molecule is CC(C)PC(C)C.Cc1cc2ccccc2[cH-]1.[Cl][Zr]([Cl])[Cl]. The van der Waals surface area contributed by atoms with Crippen molar-refractivity contribution in [1.29, 1.82) is 0 Å². The fourth-order valence-corrected chi connectivity index (χ4v) is 3.31. The molecule has 0 heterocycles. The number of aryl methyl sites for hydroxylation is 1. The molecule has 0 bridgehead atoms. The minimum absolute atomic E-state index is 0.903. The van der Waals surface area contributed by atoms with E-state index in [1.807, 2.05) is 0 Å². The zero-order chi connectivity index (χ0) is 16.4. The van der Waals surface area contributed by atoms with Crippen LogP contribution in [0.1, 0.15) is 33.3 Å². The van der Waals surface area contributed by atoms with Crippen molar-refractivity contribution in [1.82, 2.24) is 0 Å². The van der Waals surface area contributed by atoms with Crippen molar-refractivity contribution in [2.75, 3.05) is 0 Å². The van der Waals surface area contributed by atoms with Crippen molar-refractivity contribution in [3.05, 3.63) is 42.0 Å². The zero-order valence-electron chi connectivity index (χ0n) is 13.3. The molecule has 5 heteroatoms. The summed E-state index contributed by atoms with van der Waals surface area (Å²) in [4.78, 5) is 0. The summed E-state index contributed by atoms with van der Waals surface area (Å²) in [7, 11) is 16.2. The van der Waals surface area contributed by atoms with E-state index in [-0.39, 0.29) is 0 Å². The van der Waals surface area contributed by atoms with Gasteiger partial charge < -0.3 is 0 Å². The summed E-state index contributed by atoms with van der Waals surface area (Å²) in [5.74, 6) is 0. The van der Waals surface area contributed by atoms with E-state index in [4.69, 9.17) is 25.5 Å². The van der Waals surface area contributed by atoms with Crippen LogP contribution in [-0.2, 0) is 18.2 Å². The molecule has 21 heavy (non-hydrogen) atoms. The molecule has 0 nitrogen and oxygen atoms in total. The second-order valence-electron chi connectivity index (χ2n) is 5.35. The van der Waals surface area contributed by atoms with E-state index in [0.29, 0.717) is 0 Å². The zero-order valence-corrected chi connectivity index (χ0v) is 19.0. The molecule has 2 aromatic carbocycles. The molecule has 0 fully saturated rings. The van der Waals surface area contributed by atoms with E-state index in [1.165, 1.54) is 16.3 Å². The maximum atomic E-state index is 5.00. The fraction of sp³-hybridized carbons (Fsp3) is 0.438. The first-order valence-electron chi connectivity index (χ1n) is 6.94. The van der Waals surface area contributed by atoms with Gasteiger partial charge in [0.2, 0.25) is 0 Å². The van der Waals surface area contributed by atoms with Gasteiger partial charge in [0, 0.05) is 0 Å². The second-order valence-corrected chi connectivity index (χ2v) is 19.2. The first-order chi connectivity index (χ1) is 9.72. The van der Waals surface area contributed by atoms with Crippen LogP contribution >= 0.6 is 34.1 Å². The van der Waals surface area contributed by atoms with Crippen molar-refractivity contribution in [3.8, 4) is 0 Å². The quantitative estimate of drug-likeness (QED) is 0.334. The Labute approximate surface area is 150 Å². The van der Waals surface area contributed by atoms with Crippen LogP contribution in [0.15, 0.2) is 36.4 Å². The first kappa shape index (κ1) is 22.0. The van der Waals surface area contributed by atoms with Gasteiger partial charge >= 0.3 is 43.7 Å². The van der Waals surface area contributed by atoms with E-state index in [0.717, 1.165) is 19.9 Å². The Kier molecular flexibility index (Phi) is 13.0. The third-order valence-electron chi connectivity index (χ3n) is 2.43. The Bertz CT molecular complexity index is 453. The molecular formula is C16H24Cl3PZr-. The van der Waals surface area contributed by atoms with E-state index in [9.17, 15) is 0 Å². The molecule has 0 unspecified atom stereocenters. The number of halogens is 3. The third kappa shape index (κ3) is 13.2. The number of fused-ring (bicyclic) bond motifs is 1. The molecule has 0 atom stereocenters. The van der Waals surface area contributed by atoms with E-state index < -0.39 is 18.2 Å². The predicted octanol–water partition coefficient (Wildman–Crippen LogP) is 7.41. The molecule has 0 aliphatic carbocycles. The normalized spacial score (nSPS) is 10.0. The van der Waals surface area contributed by atoms with Crippen molar-refractivity contribution < 1.29 is 18.2 Å². The molecule has 0 aromatic heterocycles. The van der Waals surface area contributed by atoms with Crippen LogP contribution in [0.4, 0.5) is 0 Å². The molecule has 2 aromatic rings. The van der Waals surface area contributed by atoms with Gasteiger partial charge in [-0.3, -0.25) is 0 Å². The Hall–Kier alpha value is 1.01. The molecule has 0 aliphatic heterocycles. The molecule has 0 saturated heterocycles. The first-order valence-corrected chi connectivity index (χ1v) is 17.6. The van der Waals surface area contributed by atoms with Gasteiger partial charge in [0.05, 0.1) is 0 Å². The molecule has 0 N–H and O–H groups in total. The van der Waals surface area contributed by atoms with Crippen molar-refractivity contribution in [3.63, 3.8) is 0 Å². The average Bonchev–Trinajstić information content (AvgIpc) is 2.66. The van der Waals surface area contributed by atoms with E-state index in [1.54, 1.807) is 0 Å². The van der Waals surface area contributed by atoms with Crippen LogP contribution in [0, 0.1) is 6.92 Å². The van der Waals surface area contributed by atoms with Gasteiger partial charge in [-0.15, -0.1) is 49.2 Å². The summed E-state index contributed by atoms with van der Waals surface area (Å²) in [6, 6.07) is 12.8. The molecule has 119 valence electrons.